The zero-order chi connectivity index (χ0) is 12.4. The third kappa shape index (κ3) is 6.75. The van der Waals surface area contributed by atoms with E-state index < -0.39 is 0 Å². The molecule has 1 nitrogen and oxygen atoms in total. The lowest BCUT2D eigenvalue weighted by Crippen LogP contribution is -2.44. The van der Waals surface area contributed by atoms with E-state index >= 15 is 0 Å². The lowest BCUT2D eigenvalue weighted by molar-refractivity contribution is 0.293. The number of rotatable bonds is 10. The average Bonchev–Trinajstić information content (AvgIpc) is 2.30. The van der Waals surface area contributed by atoms with Gasteiger partial charge in [-0.1, -0.05) is 40.0 Å². The first kappa shape index (κ1) is 16.2. The molecule has 0 saturated carbocycles. The molecule has 16 heavy (non-hydrogen) atoms. The van der Waals surface area contributed by atoms with E-state index in [4.69, 9.17) is 11.6 Å². The molecule has 2 heteroatoms. The minimum atomic E-state index is 0.237. The van der Waals surface area contributed by atoms with Crippen LogP contribution in [0.3, 0.4) is 0 Å². The third-order valence-corrected chi connectivity index (χ3v) is 3.98. The molecule has 0 fully saturated rings. The first-order valence-corrected chi connectivity index (χ1v) is 7.46. The molecule has 0 aliphatic heterocycles. The Kier molecular flexibility index (Phi) is 9.44. The van der Waals surface area contributed by atoms with E-state index in [1.54, 1.807) is 0 Å². The SMILES string of the molecule is CCCCC(CC)CNC(C)(CC)CCCl. The van der Waals surface area contributed by atoms with Crippen molar-refractivity contribution in [1.82, 2.24) is 5.32 Å². The van der Waals surface area contributed by atoms with E-state index in [0.717, 1.165) is 31.2 Å². The molecule has 0 aliphatic rings. The van der Waals surface area contributed by atoms with Crippen molar-refractivity contribution in [3.8, 4) is 0 Å². The Morgan fingerprint density at radius 2 is 1.94 bits per heavy atom. The Balaban J connectivity index is 3.96. The summed E-state index contributed by atoms with van der Waals surface area (Å²) >= 11 is 5.86. The second-order valence-corrected chi connectivity index (χ2v) is 5.53. The second-order valence-electron chi connectivity index (χ2n) is 5.15. The molecule has 98 valence electrons. The van der Waals surface area contributed by atoms with Crippen molar-refractivity contribution in [3.05, 3.63) is 0 Å². The fraction of sp³-hybridized carbons (Fsp3) is 1.00. The predicted octanol–water partition coefficient (Wildman–Crippen LogP) is 4.59. The maximum absolute atomic E-state index is 5.86. The van der Waals surface area contributed by atoms with Gasteiger partial charge in [0, 0.05) is 11.4 Å². The molecule has 0 bridgehead atoms. The Morgan fingerprint density at radius 1 is 1.25 bits per heavy atom. The van der Waals surface area contributed by atoms with Gasteiger partial charge in [0.15, 0.2) is 0 Å². The zero-order valence-electron chi connectivity index (χ0n) is 11.6. The molecule has 0 aromatic heterocycles. The van der Waals surface area contributed by atoms with E-state index in [-0.39, 0.29) is 5.54 Å². The molecule has 0 spiro atoms. The fourth-order valence-electron chi connectivity index (χ4n) is 1.93. The van der Waals surface area contributed by atoms with Gasteiger partial charge >= 0.3 is 0 Å². The number of nitrogens with one attached hydrogen (secondary N) is 1. The Morgan fingerprint density at radius 3 is 2.38 bits per heavy atom. The summed E-state index contributed by atoms with van der Waals surface area (Å²) in [5, 5.41) is 3.72. The molecule has 0 amide bonds. The maximum Gasteiger partial charge on any atom is 0.0240 e. The highest BCUT2D eigenvalue weighted by Gasteiger charge is 2.21. The predicted molar refractivity (Wildman–Crippen MR) is 75.3 cm³/mol. The van der Waals surface area contributed by atoms with Crippen LogP contribution in [0.2, 0.25) is 0 Å². The van der Waals surface area contributed by atoms with Crippen molar-refractivity contribution in [2.45, 2.75) is 71.8 Å². The first-order valence-electron chi connectivity index (χ1n) is 6.92. The molecule has 0 saturated heterocycles. The topological polar surface area (TPSA) is 12.0 Å². The van der Waals surface area contributed by atoms with Gasteiger partial charge < -0.3 is 5.32 Å². The highest BCUT2D eigenvalue weighted by Crippen LogP contribution is 2.18. The van der Waals surface area contributed by atoms with Crippen LogP contribution >= 0.6 is 11.6 Å². The van der Waals surface area contributed by atoms with Crippen LogP contribution in [0.25, 0.3) is 0 Å². The van der Waals surface area contributed by atoms with Gasteiger partial charge in [-0.05, 0) is 38.6 Å². The number of halogens is 1. The standard InChI is InChI=1S/C14H30ClN/c1-5-8-9-13(6-2)12-16-14(4,7-3)10-11-15/h13,16H,5-12H2,1-4H3. The van der Waals surface area contributed by atoms with Crippen molar-refractivity contribution in [2.24, 2.45) is 5.92 Å². The van der Waals surface area contributed by atoms with Crippen LogP contribution in [0.15, 0.2) is 0 Å². The molecule has 0 rings (SSSR count). The van der Waals surface area contributed by atoms with Crippen LogP contribution in [-0.2, 0) is 0 Å². The first-order chi connectivity index (χ1) is 7.61. The highest BCUT2D eigenvalue weighted by atomic mass is 35.5. The Labute approximate surface area is 107 Å². The van der Waals surface area contributed by atoms with Crippen molar-refractivity contribution in [2.75, 3.05) is 12.4 Å². The summed E-state index contributed by atoms with van der Waals surface area (Å²) in [6.07, 6.45) is 7.54. The van der Waals surface area contributed by atoms with Gasteiger partial charge in [-0.25, -0.2) is 0 Å². The van der Waals surface area contributed by atoms with Gasteiger partial charge in [-0.2, -0.15) is 0 Å². The number of unbranched alkanes of at least 4 members (excludes halogenated alkanes) is 1. The van der Waals surface area contributed by atoms with Crippen LogP contribution in [0.1, 0.15) is 66.2 Å². The summed E-state index contributed by atoms with van der Waals surface area (Å²) < 4.78 is 0. The van der Waals surface area contributed by atoms with E-state index in [1.807, 2.05) is 0 Å². The van der Waals surface area contributed by atoms with Crippen LogP contribution in [0.4, 0.5) is 0 Å². The second kappa shape index (κ2) is 9.30. The summed E-state index contributed by atoms with van der Waals surface area (Å²) in [6, 6.07) is 0. The minimum Gasteiger partial charge on any atom is -0.311 e. The van der Waals surface area contributed by atoms with Crippen LogP contribution < -0.4 is 5.32 Å². The summed E-state index contributed by atoms with van der Waals surface area (Å²) in [4.78, 5) is 0. The fourth-order valence-corrected chi connectivity index (χ4v) is 2.35. The third-order valence-electron chi connectivity index (χ3n) is 3.79. The van der Waals surface area contributed by atoms with E-state index in [1.165, 1.54) is 25.7 Å². The molecular formula is C14H30ClN. The number of alkyl halides is 1. The average molecular weight is 248 g/mol. The van der Waals surface area contributed by atoms with Crippen LogP contribution in [0, 0.1) is 5.92 Å². The Bertz CT molecular complexity index is 161. The van der Waals surface area contributed by atoms with Gasteiger partial charge in [-0.15, -0.1) is 11.6 Å². The van der Waals surface area contributed by atoms with Gasteiger partial charge in [0.05, 0.1) is 0 Å². The van der Waals surface area contributed by atoms with Gasteiger partial charge in [0.25, 0.3) is 0 Å². The quantitative estimate of drug-likeness (QED) is 0.557. The molecule has 0 radical (unpaired) electrons. The molecule has 0 heterocycles. The van der Waals surface area contributed by atoms with E-state index in [0.29, 0.717) is 0 Å². The lowest BCUT2D eigenvalue weighted by atomic mass is 9.92. The van der Waals surface area contributed by atoms with Gasteiger partial charge in [-0.3, -0.25) is 0 Å². The van der Waals surface area contributed by atoms with Crippen molar-refractivity contribution in [1.29, 1.82) is 0 Å². The van der Waals surface area contributed by atoms with Crippen LogP contribution in [-0.4, -0.2) is 18.0 Å². The molecule has 1 N–H and O–H groups in total. The number of hydrogen-bond donors (Lipinski definition) is 1. The van der Waals surface area contributed by atoms with E-state index in [2.05, 4.69) is 33.0 Å². The monoisotopic (exact) mass is 247 g/mol. The molecule has 0 aliphatic carbocycles. The zero-order valence-corrected chi connectivity index (χ0v) is 12.4. The lowest BCUT2D eigenvalue weighted by Gasteiger charge is -2.31. The molecule has 0 aromatic rings. The van der Waals surface area contributed by atoms with E-state index in [9.17, 15) is 0 Å². The van der Waals surface area contributed by atoms with Crippen molar-refractivity contribution < 1.29 is 0 Å². The largest absolute Gasteiger partial charge is 0.311 e. The summed E-state index contributed by atoms with van der Waals surface area (Å²) in [5.74, 6) is 1.59. The highest BCUT2D eigenvalue weighted by molar-refractivity contribution is 6.17. The van der Waals surface area contributed by atoms with Gasteiger partial charge in [0.1, 0.15) is 0 Å². The summed E-state index contributed by atoms with van der Waals surface area (Å²) in [6.45, 7) is 10.3. The summed E-state index contributed by atoms with van der Waals surface area (Å²) in [5.41, 5.74) is 0.237. The van der Waals surface area contributed by atoms with Crippen LogP contribution in [0.5, 0.6) is 0 Å². The molecule has 2 unspecified atom stereocenters. The van der Waals surface area contributed by atoms with Gasteiger partial charge in [0.2, 0.25) is 0 Å². The summed E-state index contributed by atoms with van der Waals surface area (Å²) in [7, 11) is 0. The van der Waals surface area contributed by atoms with Crippen molar-refractivity contribution >= 4 is 11.6 Å². The smallest absolute Gasteiger partial charge is 0.0240 e. The van der Waals surface area contributed by atoms with Crippen molar-refractivity contribution in [3.63, 3.8) is 0 Å². The Hall–Kier alpha value is 0.250. The minimum absolute atomic E-state index is 0.237. The normalized spacial score (nSPS) is 17.1. The molecular weight excluding hydrogens is 218 g/mol. The molecule has 0 aromatic carbocycles. The molecule has 2 atom stereocenters. The maximum atomic E-state index is 5.86. The number of hydrogen-bond acceptors (Lipinski definition) is 1.